The van der Waals surface area contributed by atoms with E-state index in [1.54, 1.807) is 24.3 Å². The summed E-state index contributed by atoms with van der Waals surface area (Å²) in [6.07, 6.45) is -4.89. The predicted molar refractivity (Wildman–Crippen MR) is 121 cm³/mol. The summed E-state index contributed by atoms with van der Waals surface area (Å²) in [6, 6.07) is 13.7. The third kappa shape index (κ3) is 6.58. The van der Waals surface area contributed by atoms with Crippen molar-refractivity contribution in [3.05, 3.63) is 66.0 Å². The van der Waals surface area contributed by atoms with Crippen molar-refractivity contribution in [2.75, 3.05) is 28.6 Å². The van der Waals surface area contributed by atoms with E-state index in [1.165, 1.54) is 18.2 Å². The summed E-state index contributed by atoms with van der Waals surface area (Å²) < 4.78 is 41.7. The number of para-hydroxylation sites is 1. The molecule has 174 valence electrons. The van der Waals surface area contributed by atoms with E-state index in [9.17, 15) is 18.0 Å². The molecule has 0 aliphatic heterocycles. The van der Waals surface area contributed by atoms with Crippen LogP contribution >= 0.6 is 0 Å². The van der Waals surface area contributed by atoms with Gasteiger partial charge in [0.05, 0.1) is 5.56 Å². The third-order valence-corrected chi connectivity index (χ3v) is 4.68. The fourth-order valence-corrected chi connectivity index (χ4v) is 3.18. The van der Waals surface area contributed by atoms with E-state index in [4.69, 9.17) is 0 Å². The number of benzene rings is 2. The van der Waals surface area contributed by atoms with Crippen LogP contribution in [-0.2, 0) is 0 Å². The van der Waals surface area contributed by atoms with Gasteiger partial charge in [0.2, 0.25) is 0 Å². The Morgan fingerprint density at radius 3 is 2.27 bits per heavy atom. The van der Waals surface area contributed by atoms with Gasteiger partial charge in [0.15, 0.2) is 0 Å². The lowest BCUT2D eigenvalue weighted by Crippen LogP contribution is -2.23. The molecule has 7 nitrogen and oxygen atoms in total. The minimum Gasteiger partial charge on any atom is -0.405 e. The Balaban J connectivity index is 1.71. The van der Waals surface area contributed by atoms with Crippen molar-refractivity contribution >= 4 is 28.9 Å². The van der Waals surface area contributed by atoms with Crippen molar-refractivity contribution in [3.8, 4) is 5.75 Å². The zero-order valence-electron chi connectivity index (χ0n) is 18.4. The lowest BCUT2D eigenvalue weighted by molar-refractivity contribution is -0.274. The van der Waals surface area contributed by atoms with Crippen LogP contribution in [0.1, 0.15) is 30.0 Å². The van der Waals surface area contributed by atoms with Crippen LogP contribution in [0.15, 0.2) is 54.6 Å². The maximum Gasteiger partial charge on any atom is 0.573 e. The molecule has 0 fully saturated rings. The summed E-state index contributed by atoms with van der Waals surface area (Å²) in [5.41, 5.74) is 0.907. The van der Waals surface area contributed by atoms with Crippen LogP contribution in [0.25, 0.3) is 0 Å². The van der Waals surface area contributed by atoms with Gasteiger partial charge in [-0.3, -0.25) is 4.79 Å². The molecule has 2 aromatic carbocycles. The highest BCUT2D eigenvalue weighted by Gasteiger charge is 2.32. The molecule has 33 heavy (non-hydrogen) atoms. The zero-order valence-corrected chi connectivity index (χ0v) is 18.4. The molecule has 0 aliphatic carbocycles. The molecule has 3 rings (SSSR count). The monoisotopic (exact) mass is 459 g/mol. The van der Waals surface area contributed by atoms with Crippen molar-refractivity contribution in [2.24, 2.45) is 0 Å². The zero-order chi connectivity index (χ0) is 24.0. The topological polar surface area (TPSA) is 79.4 Å². The molecule has 1 amide bonds. The summed E-state index contributed by atoms with van der Waals surface area (Å²) in [4.78, 5) is 23.5. The second kappa shape index (κ2) is 10.2. The number of rotatable bonds is 8. The third-order valence-electron chi connectivity index (χ3n) is 4.68. The molecule has 0 saturated heterocycles. The van der Waals surface area contributed by atoms with E-state index in [-0.39, 0.29) is 5.56 Å². The average Bonchev–Trinajstić information content (AvgIpc) is 2.75. The van der Waals surface area contributed by atoms with Crippen LogP contribution in [0, 0.1) is 6.92 Å². The van der Waals surface area contributed by atoms with Gasteiger partial charge in [-0.2, -0.15) is 0 Å². The van der Waals surface area contributed by atoms with Gasteiger partial charge in [-0.05, 0) is 57.2 Å². The lowest BCUT2D eigenvalue weighted by atomic mass is 10.2. The quantitative estimate of drug-likeness (QED) is 0.461. The van der Waals surface area contributed by atoms with Crippen molar-refractivity contribution < 1.29 is 22.7 Å². The largest absolute Gasteiger partial charge is 0.573 e. The number of amides is 1. The SMILES string of the molecule is CCN(CC)c1cc(Nc2ccc(NC(=O)c3ccccc3OC(F)(F)F)cc2)nc(C)n1. The molecule has 1 heterocycles. The lowest BCUT2D eigenvalue weighted by Gasteiger charge is -2.20. The summed E-state index contributed by atoms with van der Waals surface area (Å²) in [6.45, 7) is 7.55. The molecule has 0 spiro atoms. The van der Waals surface area contributed by atoms with Crippen LogP contribution < -0.4 is 20.3 Å². The van der Waals surface area contributed by atoms with E-state index in [1.807, 2.05) is 13.0 Å². The Morgan fingerprint density at radius 2 is 1.64 bits per heavy atom. The standard InChI is InChI=1S/C23H24F3N5O2/c1-4-31(5-2)21-14-20(27-15(3)28-21)29-16-10-12-17(13-11-16)30-22(32)18-8-6-7-9-19(18)33-23(24,25)26/h6-14H,4-5H2,1-3H3,(H,30,32)(H,27,28,29). The number of hydrogen-bond acceptors (Lipinski definition) is 6. The highest BCUT2D eigenvalue weighted by Crippen LogP contribution is 2.27. The molecule has 0 saturated carbocycles. The van der Waals surface area contributed by atoms with Gasteiger partial charge in [0.1, 0.15) is 23.2 Å². The number of anilines is 4. The second-order valence-electron chi connectivity index (χ2n) is 7.03. The highest BCUT2D eigenvalue weighted by atomic mass is 19.4. The van der Waals surface area contributed by atoms with Crippen LogP contribution in [0.5, 0.6) is 5.75 Å². The van der Waals surface area contributed by atoms with Crippen LogP contribution in [0.3, 0.4) is 0 Å². The molecule has 0 unspecified atom stereocenters. The molecular formula is C23H24F3N5O2. The van der Waals surface area contributed by atoms with Crippen molar-refractivity contribution in [1.29, 1.82) is 0 Å². The van der Waals surface area contributed by atoms with Crippen LogP contribution in [0.2, 0.25) is 0 Å². The minimum absolute atomic E-state index is 0.225. The Hall–Kier alpha value is -3.82. The van der Waals surface area contributed by atoms with Crippen molar-refractivity contribution in [3.63, 3.8) is 0 Å². The summed E-state index contributed by atoms with van der Waals surface area (Å²) in [5.74, 6) is 0.790. The van der Waals surface area contributed by atoms with Crippen LogP contribution in [-0.4, -0.2) is 35.3 Å². The molecule has 0 radical (unpaired) electrons. The molecule has 2 N–H and O–H groups in total. The first-order valence-corrected chi connectivity index (χ1v) is 10.3. The first kappa shape index (κ1) is 23.8. The second-order valence-corrected chi connectivity index (χ2v) is 7.03. The number of aryl methyl sites for hydroxylation is 1. The number of aromatic nitrogens is 2. The van der Waals surface area contributed by atoms with Gasteiger partial charge >= 0.3 is 6.36 Å². The first-order chi connectivity index (χ1) is 15.7. The van der Waals surface area contributed by atoms with E-state index in [0.717, 1.165) is 30.7 Å². The summed E-state index contributed by atoms with van der Waals surface area (Å²) in [5, 5.41) is 5.78. The normalized spacial score (nSPS) is 11.1. The van der Waals surface area contributed by atoms with Crippen molar-refractivity contribution in [2.45, 2.75) is 27.1 Å². The highest BCUT2D eigenvalue weighted by molar-refractivity contribution is 6.06. The minimum atomic E-state index is -4.89. The maximum absolute atomic E-state index is 12.6. The molecular weight excluding hydrogens is 435 g/mol. The number of nitrogens with zero attached hydrogens (tertiary/aromatic N) is 3. The van der Waals surface area contributed by atoms with E-state index in [0.29, 0.717) is 17.3 Å². The summed E-state index contributed by atoms with van der Waals surface area (Å²) >= 11 is 0. The van der Waals surface area contributed by atoms with Gasteiger partial charge in [0, 0.05) is 30.5 Å². The molecule has 3 aromatic rings. The smallest absolute Gasteiger partial charge is 0.405 e. The van der Waals surface area contributed by atoms with Gasteiger partial charge in [-0.1, -0.05) is 12.1 Å². The van der Waals surface area contributed by atoms with E-state index >= 15 is 0 Å². The number of carbonyl (C=O) groups is 1. The predicted octanol–water partition coefficient (Wildman–Crippen LogP) is 5.53. The number of carbonyl (C=O) groups excluding carboxylic acids is 1. The van der Waals surface area contributed by atoms with E-state index < -0.39 is 18.0 Å². The van der Waals surface area contributed by atoms with Gasteiger partial charge < -0.3 is 20.3 Å². The molecule has 10 heteroatoms. The molecule has 0 bridgehead atoms. The van der Waals surface area contributed by atoms with E-state index in [2.05, 4.69) is 44.1 Å². The molecule has 1 aromatic heterocycles. The number of halogens is 3. The Bertz CT molecular complexity index is 1100. The Morgan fingerprint density at radius 1 is 1.00 bits per heavy atom. The average molecular weight is 459 g/mol. The Kier molecular flexibility index (Phi) is 7.37. The number of alkyl halides is 3. The van der Waals surface area contributed by atoms with Gasteiger partial charge in [0.25, 0.3) is 5.91 Å². The first-order valence-electron chi connectivity index (χ1n) is 10.3. The number of nitrogens with one attached hydrogen (secondary N) is 2. The summed E-state index contributed by atoms with van der Waals surface area (Å²) in [7, 11) is 0. The fraction of sp³-hybridized carbons (Fsp3) is 0.261. The molecule has 0 aliphatic rings. The van der Waals surface area contributed by atoms with Gasteiger partial charge in [-0.25, -0.2) is 9.97 Å². The number of hydrogen-bond donors (Lipinski definition) is 2. The van der Waals surface area contributed by atoms with Crippen LogP contribution in [0.4, 0.5) is 36.2 Å². The fourth-order valence-electron chi connectivity index (χ4n) is 3.18. The Labute approximate surface area is 189 Å². The van der Waals surface area contributed by atoms with Gasteiger partial charge in [-0.15, -0.1) is 13.2 Å². The number of ether oxygens (including phenoxy) is 1. The maximum atomic E-state index is 12.6. The molecule has 0 atom stereocenters. The van der Waals surface area contributed by atoms with Crippen molar-refractivity contribution in [1.82, 2.24) is 9.97 Å².